The molecule has 0 aliphatic heterocycles. The van der Waals surface area contributed by atoms with Crippen LogP contribution in [0.5, 0.6) is 0 Å². The molecule has 0 bridgehead atoms. The van der Waals surface area contributed by atoms with Crippen LogP contribution in [0.1, 0.15) is 12.2 Å². The van der Waals surface area contributed by atoms with E-state index >= 15 is 0 Å². The summed E-state index contributed by atoms with van der Waals surface area (Å²) >= 11 is 0. The maximum Gasteiger partial charge on any atom is 0.114 e. The summed E-state index contributed by atoms with van der Waals surface area (Å²) in [6, 6.07) is 3.68. The first kappa shape index (κ1) is 7.90. The molecule has 58 valence electrons. The zero-order valence-electron chi connectivity index (χ0n) is 6.16. The van der Waals surface area contributed by atoms with Crippen molar-refractivity contribution in [2.45, 2.75) is 18.9 Å². The van der Waals surface area contributed by atoms with E-state index in [0.717, 1.165) is 5.76 Å². The summed E-state index contributed by atoms with van der Waals surface area (Å²) in [6.07, 6.45) is 7.19. The molecule has 0 aromatic carbocycles. The van der Waals surface area contributed by atoms with Crippen LogP contribution in [0.15, 0.2) is 22.8 Å². The van der Waals surface area contributed by atoms with Gasteiger partial charge in [-0.1, -0.05) is 5.92 Å². The lowest BCUT2D eigenvalue weighted by Crippen LogP contribution is -2.03. The summed E-state index contributed by atoms with van der Waals surface area (Å²) in [6.45, 7) is 0. The summed E-state index contributed by atoms with van der Waals surface area (Å²) < 4.78 is 5.05. The second-order valence-electron chi connectivity index (χ2n) is 2.30. The van der Waals surface area contributed by atoms with Gasteiger partial charge >= 0.3 is 0 Å². The van der Waals surface area contributed by atoms with Crippen LogP contribution in [0.3, 0.4) is 0 Å². The van der Waals surface area contributed by atoms with Crippen molar-refractivity contribution in [2.24, 2.45) is 0 Å². The van der Waals surface area contributed by atoms with Gasteiger partial charge in [0.2, 0.25) is 0 Å². The Bertz CT molecular complexity index is 231. The van der Waals surface area contributed by atoms with Crippen molar-refractivity contribution in [3.63, 3.8) is 0 Å². The van der Waals surface area contributed by atoms with Gasteiger partial charge in [0.05, 0.1) is 6.26 Å². The van der Waals surface area contributed by atoms with Gasteiger partial charge in [0, 0.05) is 6.42 Å². The van der Waals surface area contributed by atoms with E-state index in [1.807, 2.05) is 12.1 Å². The molecule has 0 unspecified atom stereocenters. The maximum absolute atomic E-state index is 8.98. The Hall–Kier alpha value is -1.20. The Morgan fingerprint density at radius 1 is 1.73 bits per heavy atom. The second-order valence-corrected chi connectivity index (χ2v) is 2.30. The average molecular weight is 150 g/mol. The van der Waals surface area contributed by atoms with Crippen LogP contribution in [-0.2, 0) is 6.42 Å². The zero-order chi connectivity index (χ0) is 8.10. The SMILES string of the molecule is C#C[C@H](O)CCc1ccco1. The molecular weight excluding hydrogens is 140 g/mol. The summed E-state index contributed by atoms with van der Waals surface area (Å²) in [4.78, 5) is 0. The fraction of sp³-hybridized carbons (Fsp3) is 0.333. The van der Waals surface area contributed by atoms with Gasteiger partial charge in [-0.25, -0.2) is 0 Å². The fourth-order valence-electron chi connectivity index (χ4n) is 0.817. The van der Waals surface area contributed by atoms with Gasteiger partial charge in [0.15, 0.2) is 0 Å². The molecule has 1 aromatic heterocycles. The van der Waals surface area contributed by atoms with E-state index < -0.39 is 6.10 Å². The summed E-state index contributed by atoms with van der Waals surface area (Å²) in [5.74, 6) is 3.10. The molecule has 2 heteroatoms. The third-order valence-corrected chi connectivity index (χ3v) is 1.44. The van der Waals surface area contributed by atoms with Crippen LogP contribution in [0.2, 0.25) is 0 Å². The van der Waals surface area contributed by atoms with Crippen molar-refractivity contribution in [1.29, 1.82) is 0 Å². The highest BCUT2D eigenvalue weighted by Gasteiger charge is 2.00. The highest BCUT2D eigenvalue weighted by atomic mass is 16.3. The van der Waals surface area contributed by atoms with Crippen molar-refractivity contribution in [1.82, 2.24) is 0 Å². The molecule has 0 saturated carbocycles. The van der Waals surface area contributed by atoms with E-state index in [4.69, 9.17) is 15.9 Å². The van der Waals surface area contributed by atoms with E-state index in [0.29, 0.717) is 12.8 Å². The van der Waals surface area contributed by atoms with E-state index in [9.17, 15) is 0 Å². The molecule has 0 amide bonds. The molecule has 0 fully saturated rings. The van der Waals surface area contributed by atoms with Crippen molar-refractivity contribution < 1.29 is 9.52 Å². The van der Waals surface area contributed by atoms with E-state index in [2.05, 4.69) is 5.92 Å². The number of terminal acetylenes is 1. The fourth-order valence-corrected chi connectivity index (χ4v) is 0.817. The number of aliphatic hydroxyl groups is 1. The van der Waals surface area contributed by atoms with Crippen molar-refractivity contribution in [2.75, 3.05) is 0 Å². The standard InChI is InChI=1S/C9H10O2/c1-2-8(10)5-6-9-4-3-7-11-9/h1,3-4,7-8,10H,5-6H2/t8-/m0/s1. The Kier molecular flexibility index (Phi) is 2.76. The minimum Gasteiger partial charge on any atom is -0.469 e. The molecule has 11 heavy (non-hydrogen) atoms. The minimum absolute atomic E-state index is 0.560. The largest absolute Gasteiger partial charge is 0.469 e. The Morgan fingerprint density at radius 2 is 2.55 bits per heavy atom. The lowest BCUT2D eigenvalue weighted by molar-refractivity contribution is 0.219. The Labute approximate surface area is 65.8 Å². The number of rotatable bonds is 3. The van der Waals surface area contributed by atoms with Gasteiger partial charge in [-0.3, -0.25) is 0 Å². The first-order valence-corrected chi connectivity index (χ1v) is 3.49. The third kappa shape index (κ3) is 2.48. The molecule has 1 heterocycles. The zero-order valence-corrected chi connectivity index (χ0v) is 6.16. The normalized spacial score (nSPS) is 12.4. The Balaban J connectivity index is 2.30. The van der Waals surface area contributed by atoms with Gasteiger partial charge in [0.25, 0.3) is 0 Å². The number of hydrogen-bond donors (Lipinski definition) is 1. The van der Waals surface area contributed by atoms with E-state index in [1.165, 1.54) is 0 Å². The van der Waals surface area contributed by atoms with Crippen LogP contribution in [0.4, 0.5) is 0 Å². The molecular formula is C9H10O2. The molecule has 0 aliphatic carbocycles. The van der Waals surface area contributed by atoms with E-state index in [1.54, 1.807) is 6.26 Å². The summed E-state index contributed by atoms with van der Waals surface area (Å²) in [7, 11) is 0. The molecule has 1 N–H and O–H groups in total. The molecule has 1 aromatic rings. The van der Waals surface area contributed by atoms with Gasteiger partial charge in [-0.05, 0) is 18.6 Å². The van der Waals surface area contributed by atoms with Crippen LogP contribution in [0, 0.1) is 12.3 Å². The molecule has 1 atom stereocenters. The van der Waals surface area contributed by atoms with Crippen molar-refractivity contribution in [3.05, 3.63) is 24.2 Å². The lowest BCUT2D eigenvalue weighted by Gasteiger charge is -1.99. The summed E-state index contributed by atoms with van der Waals surface area (Å²) in [5.41, 5.74) is 0. The molecule has 2 nitrogen and oxygen atoms in total. The van der Waals surface area contributed by atoms with Crippen molar-refractivity contribution in [3.8, 4) is 12.3 Å². The highest BCUT2D eigenvalue weighted by Crippen LogP contribution is 2.04. The predicted octanol–water partition coefficient (Wildman–Crippen LogP) is 1.21. The predicted molar refractivity (Wildman–Crippen MR) is 41.9 cm³/mol. The smallest absolute Gasteiger partial charge is 0.114 e. The number of furan rings is 1. The number of aliphatic hydroxyl groups excluding tert-OH is 1. The van der Waals surface area contributed by atoms with Gasteiger partial charge in [-0.2, -0.15) is 0 Å². The monoisotopic (exact) mass is 150 g/mol. The number of aryl methyl sites for hydroxylation is 1. The van der Waals surface area contributed by atoms with Gasteiger partial charge in [-0.15, -0.1) is 6.42 Å². The highest BCUT2D eigenvalue weighted by molar-refractivity contribution is 5.01. The van der Waals surface area contributed by atoms with Gasteiger partial charge < -0.3 is 9.52 Å². The van der Waals surface area contributed by atoms with Crippen LogP contribution in [0.25, 0.3) is 0 Å². The number of hydrogen-bond acceptors (Lipinski definition) is 2. The molecule has 1 rings (SSSR count). The van der Waals surface area contributed by atoms with Crippen molar-refractivity contribution >= 4 is 0 Å². The third-order valence-electron chi connectivity index (χ3n) is 1.44. The Morgan fingerprint density at radius 3 is 3.09 bits per heavy atom. The van der Waals surface area contributed by atoms with E-state index in [-0.39, 0.29) is 0 Å². The molecule has 0 saturated heterocycles. The van der Waals surface area contributed by atoms with Crippen LogP contribution >= 0.6 is 0 Å². The lowest BCUT2D eigenvalue weighted by atomic mass is 10.2. The van der Waals surface area contributed by atoms with Crippen LogP contribution in [-0.4, -0.2) is 11.2 Å². The molecule has 0 spiro atoms. The molecule has 0 aliphatic rings. The quantitative estimate of drug-likeness (QED) is 0.657. The van der Waals surface area contributed by atoms with Gasteiger partial charge in [0.1, 0.15) is 11.9 Å². The first-order chi connectivity index (χ1) is 5.33. The average Bonchev–Trinajstić information content (AvgIpc) is 2.52. The first-order valence-electron chi connectivity index (χ1n) is 3.49. The minimum atomic E-state index is -0.653. The maximum atomic E-state index is 8.98. The topological polar surface area (TPSA) is 33.4 Å². The van der Waals surface area contributed by atoms with Crippen LogP contribution < -0.4 is 0 Å². The molecule has 0 radical (unpaired) electrons. The summed E-state index contributed by atoms with van der Waals surface area (Å²) in [5, 5.41) is 8.98. The second kappa shape index (κ2) is 3.85.